The Morgan fingerprint density at radius 2 is 0.574 bits per heavy atom. The molecule has 0 radical (unpaired) electrons. The Bertz CT molecular complexity index is 1220. The first-order valence-corrected chi connectivity index (χ1v) is 26.3. The molecule has 304 valence electrons. The van der Waals surface area contributed by atoms with Gasteiger partial charge in [0, 0.05) is 36.3 Å². The highest BCUT2D eigenvalue weighted by molar-refractivity contribution is 5.17. The highest BCUT2D eigenvalue weighted by Gasteiger charge is 2.64. The van der Waals surface area contributed by atoms with Gasteiger partial charge in [0.05, 0.1) is 0 Å². The van der Waals surface area contributed by atoms with Crippen LogP contribution in [0.1, 0.15) is 218 Å². The minimum atomic E-state index is 0.937. The maximum Gasteiger partial charge on any atom is 0.0137 e. The van der Waals surface area contributed by atoms with Gasteiger partial charge in [-0.1, -0.05) is 103 Å². The Balaban J connectivity index is 0.831. The molecule has 0 N–H and O–H groups in total. The third-order valence-electron chi connectivity index (χ3n) is 21.5. The smallest absolute Gasteiger partial charge is 0.0137 e. The molecular weight excluding hydrogens is 653 g/mol. The molecule has 0 spiro atoms. The van der Waals surface area contributed by atoms with E-state index < -0.39 is 0 Å². The summed E-state index contributed by atoms with van der Waals surface area (Å²) in [5.74, 6) is 12.9. The average Bonchev–Trinajstić information content (AvgIpc) is 3.77. The molecule has 2 saturated heterocycles. The van der Waals surface area contributed by atoms with Crippen LogP contribution in [0.4, 0.5) is 0 Å². The van der Waals surface area contributed by atoms with Gasteiger partial charge in [-0.2, -0.15) is 0 Å². The summed E-state index contributed by atoms with van der Waals surface area (Å²) >= 11 is 0. The fourth-order valence-electron chi connectivity index (χ4n) is 19.3. The van der Waals surface area contributed by atoms with Gasteiger partial charge in [-0.05, 0) is 187 Å². The second kappa shape index (κ2) is 16.2. The number of nitrogens with zero attached hydrogens (tertiary/aromatic N) is 2. The number of hydrogen-bond donors (Lipinski definition) is 0. The Labute approximate surface area is 334 Å². The van der Waals surface area contributed by atoms with Crippen molar-refractivity contribution in [1.82, 2.24) is 9.80 Å². The molecule has 9 aliphatic carbocycles. The first-order chi connectivity index (χ1) is 26.8. The van der Waals surface area contributed by atoms with Crippen LogP contribution in [0.5, 0.6) is 0 Å². The van der Waals surface area contributed by atoms with E-state index in [0.29, 0.717) is 0 Å². The molecule has 0 aromatic heterocycles. The van der Waals surface area contributed by atoms with E-state index in [1.54, 1.807) is 186 Å². The average molecular weight is 739 g/mol. The number of fused-ring (bicyclic) bond motifs is 8. The van der Waals surface area contributed by atoms with Crippen LogP contribution in [0.3, 0.4) is 0 Å². The van der Waals surface area contributed by atoms with Crippen LogP contribution in [0.2, 0.25) is 0 Å². The van der Waals surface area contributed by atoms with Crippen LogP contribution in [0.15, 0.2) is 0 Å². The SMILES string of the molecule is C1CCC(C2CCC(N3C4CCCCC4C4C5C6CC(C7CCCCC7)CCC6N(C6CCC(C7CCC8CCCCC8C7)CC6)C5CCC43)CC2)CC1. The van der Waals surface area contributed by atoms with Crippen LogP contribution in [0.25, 0.3) is 0 Å². The van der Waals surface area contributed by atoms with E-state index in [0.717, 1.165) is 107 Å². The van der Waals surface area contributed by atoms with Gasteiger partial charge >= 0.3 is 0 Å². The molecule has 12 atom stereocenters. The topological polar surface area (TPSA) is 6.48 Å². The van der Waals surface area contributed by atoms with Crippen molar-refractivity contribution >= 4 is 0 Å². The van der Waals surface area contributed by atoms with E-state index in [9.17, 15) is 0 Å². The molecule has 0 bridgehead atoms. The molecular formula is C52H86N2. The third kappa shape index (κ3) is 6.78. The van der Waals surface area contributed by atoms with Gasteiger partial charge in [-0.15, -0.1) is 0 Å². The highest BCUT2D eigenvalue weighted by atomic mass is 15.3. The summed E-state index contributed by atoms with van der Waals surface area (Å²) in [5.41, 5.74) is 0. The minimum Gasteiger partial charge on any atom is -0.294 e. The van der Waals surface area contributed by atoms with Crippen molar-refractivity contribution in [3.05, 3.63) is 0 Å². The van der Waals surface area contributed by atoms with Gasteiger partial charge in [0.25, 0.3) is 0 Å². The first kappa shape index (κ1) is 37.0. The number of rotatable bonds is 5. The summed E-state index contributed by atoms with van der Waals surface area (Å²) < 4.78 is 0. The molecule has 11 rings (SSSR count). The molecule has 0 amide bonds. The molecule has 2 heterocycles. The van der Waals surface area contributed by atoms with Crippen molar-refractivity contribution in [2.45, 2.75) is 255 Å². The van der Waals surface area contributed by atoms with Crippen molar-refractivity contribution in [2.75, 3.05) is 0 Å². The molecule has 12 unspecified atom stereocenters. The molecule has 0 aromatic rings. The fourth-order valence-corrected chi connectivity index (χ4v) is 19.3. The van der Waals surface area contributed by atoms with Crippen molar-refractivity contribution in [3.8, 4) is 0 Å². The van der Waals surface area contributed by atoms with Crippen LogP contribution >= 0.6 is 0 Å². The van der Waals surface area contributed by atoms with Crippen LogP contribution in [-0.4, -0.2) is 46.1 Å². The minimum absolute atomic E-state index is 0.937. The second-order valence-corrected chi connectivity index (χ2v) is 23.4. The second-order valence-electron chi connectivity index (χ2n) is 23.4. The largest absolute Gasteiger partial charge is 0.294 e. The van der Waals surface area contributed by atoms with Gasteiger partial charge in [0.2, 0.25) is 0 Å². The van der Waals surface area contributed by atoms with E-state index in [-0.39, 0.29) is 0 Å². The van der Waals surface area contributed by atoms with Crippen molar-refractivity contribution in [2.24, 2.45) is 71.0 Å². The van der Waals surface area contributed by atoms with Gasteiger partial charge in [0.15, 0.2) is 0 Å². The Hall–Kier alpha value is -0.0800. The Morgan fingerprint density at radius 1 is 0.222 bits per heavy atom. The maximum absolute atomic E-state index is 3.45. The van der Waals surface area contributed by atoms with Crippen molar-refractivity contribution in [3.63, 3.8) is 0 Å². The maximum atomic E-state index is 3.45. The van der Waals surface area contributed by atoms with Gasteiger partial charge < -0.3 is 0 Å². The molecule has 54 heavy (non-hydrogen) atoms. The number of hydrogen-bond acceptors (Lipinski definition) is 2. The lowest BCUT2D eigenvalue weighted by Crippen LogP contribution is -2.53. The molecule has 2 nitrogen and oxygen atoms in total. The molecule has 0 aromatic carbocycles. The molecule has 9 saturated carbocycles. The molecule has 2 heteroatoms. The normalized spacial score (nSPS) is 51.1. The lowest BCUT2D eigenvalue weighted by Gasteiger charge is -2.49. The zero-order valence-corrected chi connectivity index (χ0v) is 35.3. The summed E-state index contributed by atoms with van der Waals surface area (Å²) in [7, 11) is 0. The zero-order valence-electron chi connectivity index (χ0n) is 35.3. The van der Waals surface area contributed by atoms with Gasteiger partial charge in [-0.25, -0.2) is 0 Å². The third-order valence-corrected chi connectivity index (χ3v) is 21.5. The standard InChI is InChI=1S/C52H86N2/c1-3-11-35(12-4-1)38-21-26-43(27-22-38)53-47-18-10-9-17-45(47)51-49(53)31-32-50-52(51)46-34-42(36-13-5-2-6-14-36)25-30-48(46)54(50)44-28-23-39(24-29-44)41-20-19-37-15-7-8-16-40(37)33-41/h35-52H,1-34H2. The summed E-state index contributed by atoms with van der Waals surface area (Å²) in [4.78, 5) is 6.86. The van der Waals surface area contributed by atoms with Crippen molar-refractivity contribution < 1.29 is 0 Å². The monoisotopic (exact) mass is 739 g/mol. The van der Waals surface area contributed by atoms with Crippen LogP contribution < -0.4 is 0 Å². The molecule has 2 aliphatic heterocycles. The van der Waals surface area contributed by atoms with Gasteiger partial charge in [0.1, 0.15) is 0 Å². The first-order valence-electron chi connectivity index (χ1n) is 26.3. The van der Waals surface area contributed by atoms with Crippen LogP contribution in [-0.2, 0) is 0 Å². The highest BCUT2D eigenvalue weighted by Crippen LogP contribution is 2.63. The Morgan fingerprint density at radius 3 is 1.22 bits per heavy atom. The van der Waals surface area contributed by atoms with E-state index in [1.807, 2.05) is 0 Å². The zero-order chi connectivity index (χ0) is 35.6. The predicted molar refractivity (Wildman–Crippen MR) is 225 cm³/mol. The summed E-state index contributed by atoms with van der Waals surface area (Å²) in [6, 6.07) is 5.71. The summed E-state index contributed by atoms with van der Waals surface area (Å²) in [5, 5.41) is 0. The molecule has 11 aliphatic rings. The number of likely N-dealkylation sites (tertiary alicyclic amines) is 2. The lowest BCUT2D eigenvalue weighted by atomic mass is 9.59. The summed E-state index contributed by atoms with van der Waals surface area (Å²) in [6.45, 7) is 0. The Kier molecular flexibility index (Phi) is 11.1. The van der Waals surface area contributed by atoms with E-state index >= 15 is 0 Å². The fraction of sp³-hybridized carbons (Fsp3) is 1.00. The van der Waals surface area contributed by atoms with Crippen LogP contribution in [0, 0.1) is 71.0 Å². The van der Waals surface area contributed by atoms with E-state index in [1.165, 1.54) is 32.1 Å². The summed E-state index contributed by atoms with van der Waals surface area (Å²) in [6.07, 6.45) is 53.5. The lowest BCUT2D eigenvalue weighted by molar-refractivity contribution is 0.00608. The quantitative estimate of drug-likeness (QED) is 0.277. The molecule has 11 fully saturated rings. The van der Waals surface area contributed by atoms with Gasteiger partial charge in [-0.3, -0.25) is 9.80 Å². The van der Waals surface area contributed by atoms with E-state index in [4.69, 9.17) is 0 Å². The van der Waals surface area contributed by atoms with Crippen molar-refractivity contribution in [1.29, 1.82) is 0 Å². The predicted octanol–water partition coefficient (Wildman–Crippen LogP) is 13.6. The van der Waals surface area contributed by atoms with E-state index in [2.05, 4.69) is 9.80 Å².